The van der Waals surface area contributed by atoms with Gasteiger partial charge in [-0.1, -0.05) is 54.6 Å². The number of hydrogen-bond donors (Lipinski definition) is 2. The van der Waals surface area contributed by atoms with Gasteiger partial charge in [0, 0.05) is 6.00 Å². The van der Waals surface area contributed by atoms with Gasteiger partial charge in [-0.05, 0) is 41.0 Å². The van der Waals surface area contributed by atoms with Crippen molar-refractivity contribution in [2.75, 3.05) is 14.2 Å². The summed E-state index contributed by atoms with van der Waals surface area (Å²) < 4.78 is 22.8. The molecule has 4 rings (SSSR count). The van der Waals surface area contributed by atoms with E-state index in [4.69, 9.17) is 26.8 Å². The quantitative estimate of drug-likeness (QED) is 0.442. The molecule has 0 saturated carbocycles. The van der Waals surface area contributed by atoms with Crippen molar-refractivity contribution in [3.8, 4) is 11.5 Å². The minimum Gasteiger partial charge on any atom is -0.497 e. The normalized spacial score (nSPS) is 23.1. The fraction of sp³-hybridized carbons (Fsp3) is 0.280. The van der Waals surface area contributed by atoms with E-state index in [1.165, 1.54) is 0 Å². The Morgan fingerprint density at radius 1 is 0.719 bits per heavy atom. The van der Waals surface area contributed by atoms with Gasteiger partial charge in [-0.2, -0.15) is 0 Å². The Labute approximate surface area is 188 Å². The van der Waals surface area contributed by atoms with Gasteiger partial charge in [0.2, 0.25) is 0 Å². The SMILES string of the molecule is [B][C@H]1O[C@H](OC(c2ccccc2)(c2ccc(OC)cc2)c2ccc(OC)cc2)C(O)C1O. The van der Waals surface area contributed by atoms with Gasteiger partial charge in [0.05, 0.1) is 14.2 Å². The standard InChI is InChI=1S/C25H25BO6/c1-29-19-12-8-17(9-13-19)25(16-6-4-3-5-7-16,18-10-14-20(30-2)15-11-18)32-24-22(28)21(27)23(26)31-24/h3-15,21-24,27-28H,1-2H3/t21?,22?,23-,24+/m0/s1. The summed E-state index contributed by atoms with van der Waals surface area (Å²) in [5.74, 6) is 1.39. The maximum absolute atomic E-state index is 10.6. The monoisotopic (exact) mass is 432 g/mol. The van der Waals surface area contributed by atoms with E-state index in [0.29, 0.717) is 11.5 Å². The lowest BCUT2D eigenvalue weighted by molar-refractivity contribution is -0.201. The van der Waals surface area contributed by atoms with E-state index in [0.717, 1.165) is 16.7 Å². The molecular weight excluding hydrogens is 407 g/mol. The molecule has 3 aromatic rings. The predicted octanol–water partition coefficient (Wildman–Crippen LogP) is 2.59. The summed E-state index contributed by atoms with van der Waals surface area (Å²) in [5.41, 5.74) is 1.18. The Balaban J connectivity index is 1.92. The van der Waals surface area contributed by atoms with Crippen molar-refractivity contribution >= 4 is 7.85 Å². The van der Waals surface area contributed by atoms with Gasteiger partial charge in [-0.3, -0.25) is 0 Å². The van der Waals surface area contributed by atoms with E-state index in [1.807, 2.05) is 78.9 Å². The van der Waals surface area contributed by atoms with E-state index >= 15 is 0 Å². The predicted molar refractivity (Wildman–Crippen MR) is 120 cm³/mol. The molecule has 2 radical (unpaired) electrons. The fourth-order valence-corrected chi connectivity index (χ4v) is 3.97. The van der Waals surface area contributed by atoms with Crippen LogP contribution in [0.5, 0.6) is 11.5 Å². The largest absolute Gasteiger partial charge is 0.497 e. The van der Waals surface area contributed by atoms with E-state index < -0.39 is 30.1 Å². The van der Waals surface area contributed by atoms with E-state index in [9.17, 15) is 10.2 Å². The molecule has 32 heavy (non-hydrogen) atoms. The van der Waals surface area contributed by atoms with E-state index in [-0.39, 0.29) is 0 Å². The van der Waals surface area contributed by atoms with Crippen LogP contribution in [-0.4, -0.2) is 56.8 Å². The Morgan fingerprint density at radius 2 is 1.19 bits per heavy atom. The summed E-state index contributed by atoms with van der Waals surface area (Å²) in [5, 5.41) is 20.7. The second kappa shape index (κ2) is 9.34. The lowest BCUT2D eigenvalue weighted by Gasteiger charge is -2.38. The van der Waals surface area contributed by atoms with Crippen molar-refractivity contribution in [3.05, 3.63) is 95.6 Å². The van der Waals surface area contributed by atoms with E-state index in [1.54, 1.807) is 14.2 Å². The smallest absolute Gasteiger partial charge is 0.187 e. The highest BCUT2D eigenvalue weighted by molar-refractivity contribution is 6.11. The molecule has 4 atom stereocenters. The van der Waals surface area contributed by atoms with E-state index in [2.05, 4.69) is 0 Å². The van der Waals surface area contributed by atoms with Crippen LogP contribution in [-0.2, 0) is 15.1 Å². The first-order chi connectivity index (χ1) is 15.5. The summed E-state index contributed by atoms with van der Waals surface area (Å²) in [4.78, 5) is 0. The second-order valence-corrected chi connectivity index (χ2v) is 7.57. The molecule has 7 heteroatoms. The average molecular weight is 432 g/mol. The maximum atomic E-state index is 10.6. The molecule has 1 heterocycles. The second-order valence-electron chi connectivity index (χ2n) is 7.57. The van der Waals surface area contributed by atoms with Crippen LogP contribution in [0.2, 0.25) is 0 Å². The van der Waals surface area contributed by atoms with Crippen molar-refractivity contribution in [2.24, 2.45) is 0 Å². The third-order valence-electron chi connectivity index (χ3n) is 5.72. The zero-order chi connectivity index (χ0) is 22.7. The molecule has 2 unspecified atom stereocenters. The topological polar surface area (TPSA) is 77.4 Å². The lowest BCUT2D eigenvalue weighted by Crippen LogP contribution is -2.42. The minimum absolute atomic E-state index is 0.694. The zero-order valence-electron chi connectivity index (χ0n) is 17.9. The number of aliphatic hydroxyl groups is 2. The first-order valence-corrected chi connectivity index (χ1v) is 10.3. The molecule has 0 spiro atoms. The van der Waals surface area contributed by atoms with Gasteiger partial charge < -0.3 is 29.2 Å². The maximum Gasteiger partial charge on any atom is 0.187 e. The van der Waals surface area contributed by atoms with Gasteiger partial charge in [-0.15, -0.1) is 0 Å². The van der Waals surface area contributed by atoms with Gasteiger partial charge >= 0.3 is 0 Å². The molecule has 1 saturated heterocycles. The van der Waals surface area contributed by atoms with Crippen LogP contribution < -0.4 is 9.47 Å². The number of benzene rings is 3. The van der Waals surface area contributed by atoms with Crippen LogP contribution in [0, 0.1) is 0 Å². The van der Waals surface area contributed by atoms with Crippen LogP contribution in [0.25, 0.3) is 0 Å². The highest BCUT2D eigenvalue weighted by Gasteiger charge is 2.47. The van der Waals surface area contributed by atoms with Crippen molar-refractivity contribution in [1.82, 2.24) is 0 Å². The third-order valence-corrected chi connectivity index (χ3v) is 5.72. The van der Waals surface area contributed by atoms with Crippen LogP contribution in [0.4, 0.5) is 0 Å². The summed E-state index contributed by atoms with van der Waals surface area (Å²) in [6.45, 7) is 0. The molecule has 1 fully saturated rings. The van der Waals surface area contributed by atoms with Crippen LogP contribution >= 0.6 is 0 Å². The first kappa shape index (κ1) is 22.4. The molecule has 6 nitrogen and oxygen atoms in total. The molecule has 3 aromatic carbocycles. The van der Waals surface area contributed by atoms with Crippen molar-refractivity contribution in [2.45, 2.75) is 30.1 Å². The highest BCUT2D eigenvalue weighted by atomic mass is 16.7. The summed E-state index contributed by atoms with van der Waals surface area (Å²) in [6.07, 6.45) is -3.74. The lowest BCUT2D eigenvalue weighted by atomic mass is 9.80. The average Bonchev–Trinajstić information content (AvgIpc) is 3.09. The Kier molecular flexibility index (Phi) is 6.53. The van der Waals surface area contributed by atoms with Gasteiger partial charge in [0.15, 0.2) is 6.29 Å². The Bertz CT molecular complexity index is 961. The van der Waals surface area contributed by atoms with Gasteiger partial charge in [0.1, 0.15) is 37.2 Å². The van der Waals surface area contributed by atoms with Crippen LogP contribution in [0.15, 0.2) is 78.9 Å². The molecule has 2 N–H and O–H groups in total. The third kappa shape index (κ3) is 4.00. The highest BCUT2D eigenvalue weighted by Crippen LogP contribution is 2.44. The molecule has 1 aliphatic heterocycles. The van der Waals surface area contributed by atoms with Gasteiger partial charge in [0.25, 0.3) is 0 Å². The number of ether oxygens (including phenoxy) is 4. The molecule has 0 aliphatic carbocycles. The fourth-order valence-electron chi connectivity index (χ4n) is 3.97. The molecule has 1 aliphatic rings. The number of hydrogen-bond acceptors (Lipinski definition) is 6. The molecule has 0 amide bonds. The summed E-state index contributed by atoms with van der Waals surface area (Å²) in [7, 11) is 9.03. The Hall–Kier alpha value is -2.84. The van der Waals surface area contributed by atoms with Crippen molar-refractivity contribution in [3.63, 3.8) is 0 Å². The molecule has 0 bridgehead atoms. The summed E-state index contributed by atoms with van der Waals surface area (Å²) >= 11 is 0. The summed E-state index contributed by atoms with van der Waals surface area (Å²) in [6, 6.07) is 23.5. The van der Waals surface area contributed by atoms with Crippen molar-refractivity contribution in [1.29, 1.82) is 0 Å². The van der Waals surface area contributed by atoms with Crippen LogP contribution in [0.1, 0.15) is 16.7 Å². The van der Waals surface area contributed by atoms with Gasteiger partial charge in [-0.25, -0.2) is 0 Å². The molecule has 0 aromatic heterocycles. The molecule has 164 valence electrons. The number of methoxy groups -OCH3 is 2. The zero-order valence-corrected chi connectivity index (χ0v) is 17.9. The van der Waals surface area contributed by atoms with Crippen molar-refractivity contribution < 1.29 is 29.2 Å². The van der Waals surface area contributed by atoms with Crippen LogP contribution in [0.3, 0.4) is 0 Å². The first-order valence-electron chi connectivity index (χ1n) is 10.3. The molecular formula is C25H25BO6. The number of aliphatic hydroxyl groups excluding tert-OH is 2. The Morgan fingerprint density at radius 3 is 1.59 bits per heavy atom. The number of rotatable bonds is 7. The minimum atomic E-state index is -1.32.